The monoisotopic (exact) mass is 416 g/mol. The third-order valence-electron chi connectivity index (χ3n) is 8.62. The topological polar surface area (TPSA) is 60.7 Å². The molecule has 0 aromatic rings. The first kappa shape index (κ1) is 23.8. The lowest BCUT2D eigenvalue weighted by molar-refractivity contribution is -0.0554. The van der Waals surface area contributed by atoms with Crippen LogP contribution in [0, 0.1) is 23.2 Å². The Morgan fingerprint density at radius 2 is 1.90 bits per heavy atom. The van der Waals surface area contributed by atoms with E-state index < -0.39 is 11.7 Å². The number of allylic oxidation sites excluding steroid dienone is 4. The molecular formula is C27H44O3. The molecule has 3 heteroatoms. The van der Waals surface area contributed by atoms with E-state index in [-0.39, 0.29) is 6.10 Å². The molecule has 3 aliphatic carbocycles. The smallest absolute Gasteiger partial charge is 0.0849 e. The van der Waals surface area contributed by atoms with Gasteiger partial charge in [-0.3, -0.25) is 0 Å². The number of aliphatic hydroxyl groups excluding tert-OH is 2. The van der Waals surface area contributed by atoms with E-state index in [9.17, 15) is 15.3 Å². The highest BCUT2D eigenvalue weighted by molar-refractivity contribution is 5.36. The van der Waals surface area contributed by atoms with Crippen LogP contribution in [0.25, 0.3) is 0 Å². The fourth-order valence-electron chi connectivity index (χ4n) is 6.58. The van der Waals surface area contributed by atoms with Crippen LogP contribution in [0.3, 0.4) is 0 Å². The Bertz CT molecular complexity index is 683. The second-order valence-corrected chi connectivity index (χ2v) is 11.3. The highest BCUT2D eigenvalue weighted by atomic mass is 16.3. The quantitative estimate of drug-likeness (QED) is 0.520. The second kappa shape index (κ2) is 9.30. The van der Waals surface area contributed by atoms with Gasteiger partial charge in [0.2, 0.25) is 0 Å². The predicted octanol–water partition coefficient (Wildman–Crippen LogP) is 5.70. The summed E-state index contributed by atoms with van der Waals surface area (Å²) < 4.78 is 0. The van der Waals surface area contributed by atoms with Gasteiger partial charge in [0, 0.05) is 0 Å². The zero-order chi connectivity index (χ0) is 22.1. The molecule has 0 radical (unpaired) electrons. The fourth-order valence-corrected chi connectivity index (χ4v) is 6.58. The average molecular weight is 417 g/mol. The summed E-state index contributed by atoms with van der Waals surface area (Å²) in [5.41, 5.74) is 3.34. The van der Waals surface area contributed by atoms with Crippen LogP contribution < -0.4 is 0 Å². The lowest BCUT2D eigenvalue weighted by atomic mass is 9.60. The van der Waals surface area contributed by atoms with E-state index >= 15 is 0 Å². The van der Waals surface area contributed by atoms with Crippen molar-refractivity contribution in [2.75, 3.05) is 0 Å². The Kier molecular flexibility index (Phi) is 7.37. The van der Waals surface area contributed by atoms with Crippen molar-refractivity contribution < 1.29 is 15.3 Å². The third-order valence-corrected chi connectivity index (χ3v) is 8.62. The molecule has 1 unspecified atom stereocenters. The molecular weight excluding hydrogens is 372 g/mol. The summed E-state index contributed by atoms with van der Waals surface area (Å²) in [6.07, 6.45) is 14.1. The molecule has 3 rings (SSSR count). The van der Waals surface area contributed by atoms with Crippen molar-refractivity contribution in [3.63, 3.8) is 0 Å². The molecule has 0 aromatic heterocycles. The Hall–Kier alpha value is -0.900. The minimum absolute atomic E-state index is 0.215. The van der Waals surface area contributed by atoms with Crippen molar-refractivity contribution in [1.82, 2.24) is 0 Å². The van der Waals surface area contributed by atoms with E-state index in [0.717, 1.165) is 25.7 Å². The molecule has 3 fully saturated rings. The van der Waals surface area contributed by atoms with E-state index in [2.05, 4.69) is 32.6 Å². The zero-order valence-corrected chi connectivity index (χ0v) is 19.7. The standard InChI is InChI=1S/C27H44O3/c1-18-8-12-22(28)17-21(18)11-10-20-7-6-16-27(5)23(13-14-24(20)27)19(2)9-15-25(29)26(3,4)30/h10-11,19,22-25,28-30H,1,6-9,12-17H2,2-5H3/b20-10+,21-11?/t19-,22+,23-,24+,25?,27-/m1/s1. The summed E-state index contributed by atoms with van der Waals surface area (Å²) in [6, 6.07) is 0. The van der Waals surface area contributed by atoms with Crippen molar-refractivity contribution in [3.05, 3.63) is 35.5 Å². The van der Waals surface area contributed by atoms with Crippen molar-refractivity contribution in [2.45, 2.75) is 110 Å². The molecule has 3 aliphatic rings. The Morgan fingerprint density at radius 1 is 1.17 bits per heavy atom. The first-order valence-electron chi connectivity index (χ1n) is 12.2. The minimum Gasteiger partial charge on any atom is -0.393 e. The summed E-state index contributed by atoms with van der Waals surface area (Å²) in [7, 11) is 0. The molecule has 0 heterocycles. The molecule has 0 amide bonds. The van der Waals surface area contributed by atoms with E-state index in [0.29, 0.717) is 29.6 Å². The van der Waals surface area contributed by atoms with Gasteiger partial charge in [-0.25, -0.2) is 0 Å². The van der Waals surface area contributed by atoms with Crippen LogP contribution >= 0.6 is 0 Å². The van der Waals surface area contributed by atoms with Gasteiger partial charge in [-0.05, 0) is 107 Å². The van der Waals surface area contributed by atoms with Gasteiger partial charge in [-0.15, -0.1) is 0 Å². The average Bonchev–Trinajstić information content (AvgIpc) is 3.03. The number of hydrogen-bond acceptors (Lipinski definition) is 3. The molecule has 0 bridgehead atoms. The van der Waals surface area contributed by atoms with Gasteiger partial charge < -0.3 is 15.3 Å². The molecule has 30 heavy (non-hydrogen) atoms. The van der Waals surface area contributed by atoms with Crippen LogP contribution in [-0.2, 0) is 0 Å². The SMILES string of the molecule is C=C1CC[C@H](O)CC1=C/C=C1\CCC[C@]2(C)[C@@H]([C@H](C)CCC(O)C(C)(C)O)CC[C@@H]12. The Morgan fingerprint density at radius 3 is 2.60 bits per heavy atom. The lowest BCUT2D eigenvalue weighted by Crippen LogP contribution is -2.38. The maximum Gasteiger partial charge on any atom is 0.0849 e. The van der Waals surface area contributed by atoms with E-state index in [1.807, 2.05) is 0 Å². The van der Waals surface area contributed by atoms with Crippen molar-refractivity contribution in [3.8, 4) is 0 Å². The van der Waals surface area contributed by atoms with Gasteiger partial charge in [0.25, 0.3) is 0 Å². The summed E-state index contributed by atoms with van der Waals surface area (Å²) in [6.45, 7) is 12.5. The van der Waals surface area contributed by atoms with Gasteiger partial charge in [-0.1, -0.05) is 43.7 Å². The van der Waals surface area contributed by atoms with Gasteiger partial charge in [0.15, 0.2) is 0 Å². The maximum absolute atomic E-state index is 10.3. The molecule has 0 spiro atoms. The van der Waals surface area contributed by atoms with E-state index in [1.165, 1.54) is 43.3 Å². The fraction of sp³-hybridized carbons (Fsp3) is 0.778. The van der Waals surface area contributed by atoms with Crippen LogP contribution in [-0.4, -0.2) is 33.1 Å². The number of aliphatic hydroxyl groups is 3. The van der Waals surface area contributed by atoms with Gasteiger partial charge in [-0.2, -0.15) is 0 Å². The number of rotatable bonds is 6. The van der Waals surface area contributed by atoms with Crippen molar-refractivity contribution in [1.29, 1.82) is 0 Å². The maximum atomic E-state index is 10.3. The van der Waals surface area contributed by atoms with Gasteiger partial charge >= 0.3 is 0 Å². The molecule has 3 nitrogen and oxygen atoms in total. The van der Waals surface area contributed by atoms with Crippen molar-refractivity contribution in [2.24, 2.45) is 23.2 Å². The highest BCUT2D eigenvalue weighted by Gasteiger charge is 2.50. The normalized spacial score (nSPS) is 37.4. The summed E-state index contributed by atoms with van der Waals surface area (Å²) in [5.74, 6) is 1.89. The first-order valence-corrected chi connectivity index (χ1v) is 12.2. The molecule has 6 atom stereocenters. The largest absolute Gasteiger partial charge is 0.393 e. The Labute approximate surface area is 184 Å². The molecule has 0 aliphatic heterocycles. The minimum atomic E-state index is -1.02. The van der Waals surface area contributed by atoms with Crippen LogP contribution in [0.4, 0.5) is 0 Å². The highest BCUT2D eigenvalue weighted by Crippen LogP contribution is 2.60. The Balaban J connectivity index is 1.69. The van der Waals surface area contributed by atoms with Crippen LogP contribution in [0.15, 0.2) is 35.5 Å². The molecule has 3 saturated carbocycles. The number of hydrogen-bond donors (Lipinski definition) is 3. The second-order valence-electron chi connectivity index (χ2n) is 11.3. The molecule has 3 N–H and O–H groups in total. The van der Waals surface area contributed by atoms with Gasteiger partial charge in [0.1, 0.15) is 0 Å². The summed E-state index contributed by atoms with van der Waals surface area (Å²) in [4.78, 5) is 0. The van der Waals surface area contributed by atoms with E-state index in [4.69, 9.17) is 0 Å². The predicted molar refractivity (Wildman–Crippen MR) is 124 cm³/mol. The molecule has 0 aromatic carbocycles. The van der Waals surface area contributed by atoms with Crippen molar-refractivity contribution >= 4 is 0 Å². The summed E-state index contributed by atoms with van der Waals surface area (Å²) >= 11 is 0. The van der Waals surface area contributed by atoms with Crippen LogP contribution in [0.5, 0.6) is 0 Å². The zero-order valence-electron chi connectivity index (χ0n) is 19.7. The number of fused-ring (bicyclic) bond motifs is 1. The first-order chi connectivity index (χ1) is 14.0. The van der Waals surface area contributed by atoms with Gasteiger partial charge in [0.05, 0.1) is 17.8 Å². The van der Waals surface area contributed by atoms with Crippen LogP contribution in [0.1, 0.15) is 91.9 Å². The molecule has 0 saturated heterocycles. The van der Waals surface area contributed by atoms with E-state index in [1.54, 1.807) is 19.4 Å². The third kappa shape index (κ3) is 5.11. The van der Waals surface area contributed by atoms with Crippen LogP contribution in [0.2, 0.25) is 0 Å². The molecule has 170 valence electrons. The summed E-state index contributed by atoms with van der Waals surface area (Å²) in [5, 5.41) is 30.3. The lowest BCUT2D eigenvalue weighted by Gasteiger charge is -2.44.